The van der Waals surface area contributed by atoms with Crippen molar-refractivity contribution < 1.29 is 15.1 Å². The summed E-state index contributed by atoms with van der Waals surface area (Å²) in [6.07, 6.45) is 1.46. The summed E-state index contributed by atoms with van der Waals surface area (Å²) in [7, 11) is 0. The number of nitrogens with zero attached hydrogens (tertiary/aromatic N) is 2. The molecule has 0 saturated carbocycles. The van der Waals surface area contributed by atoms with Crippen LogP contribution in [0, 0.1) is 0 Å². The van der Waals surface area contributed by atoms with Crippen LogP contribution in [-0.4, -0.2) is 26.2 Å². The molecule has 5 heteroatoms. The third-order valence-corrected chi connectivity index (χ3v) is 1.80. The number of benzene rings is 1. The maximum absolute atomic E-state index is 10.6. The van der Waals surface area contributed by atoms with Gasteiger partial charge in [-0.2, -0.15) is 0 Å². The summed E-state index contributed by atoms with van der Waals surface area (Å²) in [6.45, 7) is 0. The molecule has 0 aliphatic carbocycles. The van der Waals surface area contributed by atoms with Gasteiger partial charge in [-0.1, -0.05) is 6.07 Å². The Bertz CT molecular complexity index is 475. The van der Waals surface area contributed by atoms with E-state index in [9.17, 15) is 4.79 Å². The Balaban J connectivity index is 2.72. The second-order valence-electron chi connectivity index (χ2n) is 2.61. The van der Waals surface area contributed by atoms with Crippen molar-refractivity contribution in [3.63, 3.8) is 0 Å². The van der Waals surface area contributed by atoms with Crippen LogP contribution >= 0.6 is 0 Å². The molecular weight excluding hydrogens is 172 g/mol. The fraction of sp³-hybridized carbons (Fsp3) is 0. The van der Waals surface area contributed by atoms with Crippen LogP contribution in [0.5, 0.6) is 0 Å². The minimum atomic E-state index is -1.02. The molecule has 0 spiro atoms. The van der Waals surface area contributed by atoms with Gasteiger partial charge >= 0.3 is 5.97 Å². The van der Waals surface area contributed by atoms with Crippen LogP contribution < -0.4 is 0 Å². The van der Waals surface area contributed by atoms with Crippen molar-refractivity contribution in [1.82, 2.24) is 9.94 Å². The lowest BCUT2D eigenvalue weighted by Crippen LogP contribution is -1.97. The van der Waals surface area contributed by atoms with Gasteiger partial charge in [0, 0.05) is 5.39 Å². The van der Waals surface area contributed by atoms with Gasteiger partial charge in [0.2, 0.25) is 0 Å². The Labute approximate surface area is 72.8 Å². The zero-order valence-electron chi connectivity index (χ0n) is 6.51. The van der Waals surface area contributed by atoms with E-state index in [4.69, 9.17) is 10.3 Å². The number of rotatable bonds is 1. The fourth-order valence-corrected chi connectivity index (χ4v) is 1.14. The Morgan fingerprint density at radius 3 is 2.92 bits per heavy atom. The molecule has 66 valence electrons. The van der Waals surface area contributed by atoms with E-state index < -0.39 is 5.97 Å². The summed E-state index contributed by atoms with van der Waals surface area (Å²) in [5, 5.41) is 22.1. The molecule has 2 N–H and O–H groups in total. The molecule has 0 aliphatic heterocycles. The van der Waals surface area contributed by atoms with Crippen molar-refractivity contribution in [1.29, 1.82) is 0 Å². The molecule has 0 unspecified atom stereocenters. The predicted molar refractivity (Wildman–Crippen MR) is 43.9 cm³/mol. The topological polar surface area (TPSA) is 75.3 Å². The zero-order chi connectivity index (χ0) is 9.42. The van der Waals surface area contributed by atoms with Gasteiger partial charge in [0.25, 0.3) is 0 Å². The highest BCUT2D eigenvalue weighted by atomic mass is 16.5. The number of hydrogen-bond donors (Lipinski definition) is 2. The number of aromatic carboxylic acids is 1. The SMILES string of the molecule is O=C(O)c1ccc2cnn(O)c2c1. The Morgan fingerprint density at radius 1 is 1.46 bits per heavy atom. The van der Waals surface area contributed by atoms with Crippen LogP contribution in [0.1, 0.15) is 10.4 Å². The van der Waals surface area contributed by atoms with Crippen LogP contribution in [0.3, 0.4) is 0 Å². The summed E-state index contributed by atoms with van der Waals surface area (Å²) < 4.78 is 0. The number of carboxylic acid groups (broad SMARTS) is 1. The van der Waals surface area contributed by atoms with Gasteiger partial charge in [0.05, 0.1) is 11.8 Å². The quantitative estimate of drug-likeness (QED) is 0.638. The van der Waals surface area contributed by atoms with Gasteiger partial charge in [-0.25, -0.2) is 4.79 Å². The highest BCUT2D eigenvalue weighted by Gasteiger charge is 2.06. The molecule has 2 aromatic rings. The van der Waals surface area contributed by atoms with E-state index in [2.05, 4.69) is 5.10 Å². The first kappa shape index (κ1) is 7.60. The number of aromatic nitrogens is 2. The highest BCUT2D eigenvalue weighted by Crippen LogP contribution is 2.14. The molecule has 0 fully saturated rings. The van der Waals surface area contributed by atoms with Gasteiger partial charge in [0.1, 0.15) is 5.52 Å². The Hall–Kier alpha value is -2.04. The third kappa shape index (κ3) is 1.10. The van der Waals surface area contributed by atoms with Crippen LogP contribution in [0.15, 0.2) is 24.4 Å². The van der Waals surface area contributed by atoms with Gasteiger partial charge in [-0.05, 0) is 12.1 Å². The van der Waals surface area contributed by atoms with Crippen molar-refractivity contribution in [2.75, 3.05) is 0 Å². The molecule has 13 heavy (non-hydrogen) atoms. The Morgan fingerprint density at radius 2 is 2.23 bits per heavy atom. The lowest BCUT2D eigenvalue weighted by Gasteiger charge is -1.95. The van der Waals surface area contributed by atoms with E-state index in [1.807, 2.05) is 0 Å². The van der Waals surface area contributed by atoms with Gasteiger partial charge in [-0.3, -0.25) is 0 Å². The Kier molecular flexibility index (Phi) is 1.45. The number of fused-ring (bicyclic) bond motifs is 1. The van der Waals surface area contributed by atoms with E-state index in [0.717, 1.165) is 0 Å². The largest absolute Gasteiger partial charge is 0.478 e. The normalized spacial score (nSPS) is 10.5. The average Bonchev–Trinajstić information content (AvgIpc) is 2.47. The molecule has 1 aromatic heterocycles. The van der Waals surface area contributed by atoms with Crippen LogP contribution in [0.2, 0.25) is 0 Å². The van der Waals surface area contributed by atoms with Crippen molar-refractivity contribution in [3.8, 4) is 0 Å². The summed E-state index contributed by atoms with van der Waals surface area (Å²) in [4.78, 5) is 11.2. The van der Waals surface area contributed by atoms with Gasteiger partial charge < -0.3 is 10.3 Å². The maximum atomic E-state index is 10.6. The van der Waals surface area contributed by atoms with E-state index in [1.165, 1.54) is 18.3 Å². The molecule has 5 nitrogen and oxygen atoms in total. The summed E-state index contributed by atoms with van der Waals surface area (Å²) in [6, 6.07) is 4.43. The first-order valence-corrected chi connectivity index (χ1v) is 3.59. The molecular formula is C8H6N2O3. The third-order valence-electron chi connectivity index (χ3n) is 1.80. The molecule has 1 heterocycles. The molecule has 0 amide bonds. The van der Waals surface area contributed by atoms with Crippen molar-refractivity contribution in [2.24, 2.45) is 0 Å². The first-order valence-electron chi connectivity index (χ1n) is 3.59. The van der Waals surface area contributed by atoms with E-state index in [-0.39, 0.29) is 5.56 Å². The second-order valence-corrected chi connectivity index (χ2v) is 2.61. The van der Waals surface area contributed by atoms with E-state index in [0.29, 0.717) is 15.7 Å². The predicted octanol–water partition coefficient (Wildman–Crippen LogP) is 0.972. The summed E-state index contributed by atoms with van der Waals surface area (Å²) in [5.74, 6) is -1.02. The van der Waals surface area contributed by atoms with Crippen LogP contribution in [0.25, 0.3) is 10.9 Å². The monoisotopic (exact) mass is 178 g/mol. The number of carbonyl (C=O) groups is 1. The zero-order valence-corrected chi connectivity index (χ0v) is 6.51. The standard InChI is InChI=1S/C8H6N2O3/c11-8(12)5-1-2-6-4-9-10(13)7(6)3-5/h1-4,13H,(H,11,12). The smallest absolute Gasteiger partial charge is 0.335 e. The van der Waals surface area contributed by atoms with Crippen molar-refractivity contribution in [2.45, 2.75) is 0 Å². The van der Waals surface area contributed by atoms with E-state index in [1.54, 1.807) is 6.07 Å². The van der Waals surface area contributed by atoms with Crippen LogP contribution in [-0.2, 0) is 0 Å². The van der Waals surface area contributed by atoms with Crippen molar-refractivity contribution >= 4 is 16.9 Å². The first-order chi connectivity index (χ1) is 6.18. The minimum Gasteiger partial charge on any atom is -0.478 e. The average molecular weight is 178 g/mol. The molecule has 0 aliphatic rings. The molecule has 0 radical (unpaired) electrons. The summed E-state index contributed by atoms with van der Waals surface area (Å²) in [5.41, 5.74) is 0.517. The highest BCUT2D eigenvalue weighted by molar-refractivity contribution is 5.92. The molecule has 1 aromatic carbocycles. The van der Waals surface area contributed by atoms with Crippen molar-refractivity contribution in [3.05, 3.63) is 30.0 Å². The molecule has 0 atom stereocenters. The van der Waals surface area contributed by atoms with E-state index >= 15 is 0 Å². The van der Waals surface area contributed by atoms with Crippen LogP contribution in [0.4, 0.5) is 0 Å². The fourth-order valence-electron chi connectivity index (χ4n) is 1.14. The molecule has 0 bridgehead atoms. The number of hydrogen-bond acceptors (Lipinski definition) is 3. The lowest BCUT2D eigenvalue weighted by molar-refractivity contribution is 0.0697. The molecule has 0 saturated heterocycles. The van der Waals surface area contributed by atoms with Gasteiger partial charge in [0.15, 0.2) is 0 Å². The minimum absolute atomic E-state index is 0.128. The number of carboxylic acids is 1. The lowest BCUT2D eigenvalue weighted by atomic mass is 10.2. The molecule has 2 rings (SSSR count). The second kappa shape index (κ2) is 2.48. The maximum Gasteiger partial charge on any atom is 0.335 e. The van der Waals surface area contributed by atoms with Gasteiger partial charge in [-0.15, -0.1) is 9.94 Å². The summed E-state index contributed by atoms with van der Waals surface area (Å²) >= 11 is 0.